The van der Waals surface area contributed by atoms with Gasteiger partial charge in [0.15, 0.2) is 0 Å². The Morgan fingerprint density at radius 3 is 2.65 bits per heavy atom. The Labute approximate surface area is 125 Å². The molecule has 114 valence electrons. The molecule has 1 heterocycles. The maximum absolute atomic E-state index is 12.0. The van der Waals surface area contributed by atoms with E-state index in [1.54, 1.807) is 11.8 Å². The van der Waals surface area contributed by atoms with Crippen LogP contribution in [0.5, 0.6) is 0 Å². The average molecular weight is 300 g/mol. The lowest BCUT2D eigenvalue weighted by atomic mass is 9.99. The Balaban J connectivity index is 2.26. The van der Waals surface area contributed by atoms with Gasteiger partial charge in [0.1, 0.15) is 13.2 Å². The molecule has 0 saturated carbocycles. The zero-order valence-corrected chi connectivity index (χ0v) is 13.3. The molecule has 1 aliphatic heterocycles. The van der Waals surface area contributed by atoms with Crippen LogP contribution >= 0.6 is 11.8 Å². The quantitative estimate of drug-likeness (QED) is 0.534. The second-order valence-electron chi connectivity index (χ2n) is 4.94. The molecule has 0 N–H and O–H groups in total. The normalized spacial score (nSPS) is 23.1. The number of carbonyl (C=O) groups is 2. The lowest BCUT2D eigenvalue weighted by Gasteiger charge is -2.25. The highest BCUT2D eigenvalue weighted by Crippen LogP contribution is 2.32. The topological polar surface area (TPSA) is 52.6 Å². The molecule has 0 fully saturated rings. The zero-order chi connectivity index (χ0) is 15.0. The van der Waals surface area contributed by atoms with Gasteiger partial charge in [0, 0.05) is 5.25 Å². The summed E-state index contributed by atoms with van der Waals surface area (Å²) in [4.78, 5) is 23.4. The molecule has 5 heteroatoms. The van der Waals surface area contributed by atoms with Gasteiger partial charge in [-0.1, -0.05) is 26.8 Å². The Morgan fingerprint density at radius 2 is 2.00 bits per heavy atom. The van der Waals surface area contributed by atoms with Crippen LogP contribution in [-0.2, 0) is 19.1 Å². The maximum Gasteiger partial charge on any atom is 0.310 e. The maximum atomic E-state index is 12.0. The number of hydrogen-bond acceptors (Lipinski definition) is 5. The molecular formula is C15H24O4S. The predicted octanol–water partition coefficient (Wildman–Crippen LogP) is 3.16. The van der Waals surface area contributed by atoms with Crippen LogP contribution in [0.25, 0.3) is 0 Å². The summed E-state index contributed by atoms with van der Waals surface area (Å²) in [5, 5.41) is 2.33. The van der Waals surface area contributed by atoms with Crippen molar-refractivity contribution < 1.29 is 19.1 Å². The average Bonchev–Trinajstić information content (AvgIpc) is 2.50. The number of allylic oxidation sites excluding steroid dienone is 1. The van der Waals surface area contributed by atoms with Gasteiger partial charge < -0.3 is 9.47 Å². The van der Waals surface area contributed by atoms with Crippen molar-refractivity contribution in [1.29, 1.82) is 0 Å². The number of esters is 2. The van der Waals surface area contributed by atoms with Gasteiger partial charge in [-0.25, -0.2) is 0 Å². The number of rotatable bonds is 7. The third-order valence-corrected chi connectivity index (χ3v) is 4.84. The molecule has 0 aromatic rings. The largest absolute Gasteiger partial charge is 0.462 e. The van der Waals surface area contributed by atoms with Crippen molar-refractivity contribution >= 4 is 23.7 Å². The fourth-order valence-corrected chi connectivity index (χ4v) is 2.96. The lowest BCUT2D eigenvalue weighted by Crippen LogP contribution is -2.29. The van der Waals surface area contributed by atoms with Crippen LogP contribution < -0.4 is 0 Å². The van der Waals surface area contributed by atoms with Crippen LogP contribution in [0.3, 0.4) is 0 Å². The molecule has 0 spiro atoms. The standard InChI is InChI=1S/C15H24O4S/c1-4-11(3)14(16)18-8-9-19-15(17)12-7-6-10-20-13(12)5-2/h6,10-13H,4-5,7-9H2,1-3H3. The molecule has 1 aliphatic rings. The second-order valence-corrected chi connectivity index (χ2v) is 6.09. The van der Waals surface area contributed by atoms with Crippen LogP contribution in [0.4, 0.5) is 0 Å². The minimum atomic E-state index is -0.230. The van der Waals surface area contributed by atoms with Crippen molar-refractivity contribution in [2.75, 3.05) is 13.2 Å². The summed E-state index contributed by atoms with van der Waals surface area (Å²) in [5.74, 6) is -0.602. The minimum Gasteiger partial charge on any atom is -0.462 e. The molecule has 0 saturated heterocycles. The van der Waals surface area contributed by atoms with Gasteiger partial charge in [0.05, 0.1) is 11.8 Å². The summed E-state index contributed by atoms with van der Waals surface area (Å²) >= 11 is 1.68. The number of carbonyl (C=O) groups excluding carboxylic acids is 2. The van der Waals surface area contributed by atoms with E-state index >= 15 is 0 Å². The molecule has 4 nitrogen and oxygen atoms in total. The van der Waals surface area contributed by atoms with E-state index in [9.17, 15) is 9.59 Å². The summed E-state index contributed by atoms with van der Waals surface area (Å²) in [6, 6.07) is 0. The first-order chi connectivity index (χ1) is 9.60. The summed E-state index contributed by atoms with van der Waals surface area (Å²) in [5.41, 5.74) is 0. The second kappa shape index (κ2) is 9.06. The van der Waals surface area contributed by atoms with Crippen LogP contribution in [-0.4, -0.2) is 30.4 Å². The molecule has 20 heavy (non-hydrogen) atoms. The molecule has 1 rings (SSSR count). The first-order valence-electron chi connectivity index (χ1n) is 7.23. The van der Waals surface area contributed by atoms with E-state index in [2.05, 4.69) is 6.92 Å². The molecular weight excluding hydrogens is 276 g/mol. The summed E-state index contributed by atoms with van der Waals surface area (Å²) in [6.07, 6.45) is 4.43. The Kier molecular flexibility index (Phi) is 7.73. The van der Waals surface area contributed by atoms with Crippen molar-refractivity contribution in [3.8, 4) is 0 Å². The third-order valence-electron chi connectivity index (χ3n) is 3.48. The van der Waals surface area contributed by atoms with Crippen molar-refractivity contribution in [2.24, 2.45) is 11.8 Å². The number of ether oxygens (including phenoxy) is 2. The SMILES string of the molecule is CCC(C)C(=O)OCCOC(=O)C1CC=CSC1CC. The van der Waals surface area contributed by atoms with Crippen molar-refractivity contribution in [1.82, 2.24) is 0 Å². The fraction of sp³-hybridized carbons (Fsp3) is 0.733. The van der Waals surface area contributed by atoms with Crippen LogP contribution in [0.2, 0.25) is 0 Å². The van der Waals surface area contributed by atoms with E-state index in [-0.39, 0.29) is 42.2 Å². The minimum absolute atomic E-state index is 0.0831. The van der Waals surface area contributed by atoms with Gasteiger partial charge in [-0.15, -0.1) is 11.8 Å². The van der Waals surface area contributed by atoms with Crippen LogP contribution in [0, 0.1) is 11.8 Å². The lowest BCUT2D eigenvalue weighted by molar-refractivity contribution is -0.157. The van der Waals surface area contributed by atoms with Crippen molar-refractivity contribution in [3.63, 3.8) is 0 Å². The van der Waals surface area contributed by atoms with E-state index in [0.717, 1.165) is 19.3 Å². The highest BCUT2D eigenvalue weighted by atomic mass is 32.2. The molecule has 0 radical (unpaired) electrons. The van der Waals surface area contributed by atoms with Crippen LogP contribution in [0.1, 0.15) is 40.0 Å². The van der Waals surface area contributed by atoms with E-state index < -0.39 is 0 Å². The molecule has 3 unspecified atom stereocenters. The monoisotopic (exact) mass is 300 g/mol. The zero-order valence-electron chi connectivity index (χ0n) is 12.5. The predicted molar refractivity (Wildman–Crippen MR) is 80.3 cm³/mol. The van der Waals surface area contributed by atoms with E-state index in [0.29, 0.717) is 0 Å². The van der Waals surface area contributed by atoms with E-state index in [1.807, 2.05) is 25.3 Å². The smallest absolute Gasteiger partial charge is 0.310 e. The third kappa shape index (κ3) is 5.19. The van der Waals surface area contributed by atoms with Gasteiger partial charge in [0.2, 0.25) is 0 Å². The molecule has 0 aliphatic carbocycles. The van der Waals surface area contributed by atoms with Gasteiger partial charge in [0.25, 0.3) is 0 Å². The van der Waals surface area contributed by atoms with Gasteiger partial charge in [-0.3, -0.25) is 9.59 Å². The van der Waals surface area contributed by atoms with Gasteiger partial charge in [-0.2, -0.15) is 0 Å². The Bertz CT molecular complexity index is 354. The molecule has 0 amide bonds. The first-order valence-corrected chi connectivity index (χ1v) is 8.18. The van der Waals surface area contributed by atoms with Gasteiger partial charge >= 0.3 is 11.9 Å². The van der Waals surface area contributed by atoms with Crippen LogP contribution in [0.15, 0.2) is 11.5 Å². The molecule has 0 bridgehead atoms. The van der Waals surface area contributed by atoms with Crippen molar-refractivity contribution in [2.45, 2.75) is 45.3 Å². The van der Waals surface area contributed by atoms with Gasteiger partial charge in [-0.05, 0) is 24.7 Å². The fourth-order valence-electron chi connectivity index (χ4n) is 1.93. The molecule has 0 aromatic heterocycles. The molecule has 0 aromatic carbocycles. The highest BCUT2D eigenvalue weighted by molar-refractivity contribution is 8.02. The number of hydrogen-bond donors (Lipinski definition) is 0. The Hall–Kier alpha value is -0.970. The highest BCUT2D eigenvalue weighted by Gasteiger charge is 2.29. The van der Waals surface area contributed by atoms with Crippen molar-refractivity contribution in [3.05, 3.63) is 11.5 Å². The first kappa shape index (κ1) is 17.1. The van der Waals surface area contributed by atoms with E-state index in [4.69, 9.17) is 9.47 Å². The summed E-state index contributed by atoms with van der Waals surface area (Å²) in [7, 11) is 0. The molecule has 3 atom stereocenters. The van der Waals surface area contributed by atoms with E-state index in [1.165, 1.54) is 0 Å². The number of thioether (sulfide) groups is 1. The summed E-state index contributed by atoms with van der Waals surface area (Å²) < 4.78 is 10.3. The summed E-state index contributed by atoms with van der Waals surface area (Å²) in [6.45, 7) is 6.12. The Morgan fingerprint density at radius 1 is 1.30 bits per heavy atom.